The van der Waals surface area contributed by atoms with E-state index in [0.29, 0.717) is 67.0 Å². The third-order valence-corrected chi connectivity index (χ3v) is 11.8. The van der Waals surface area contributed by atoms with E-state index in [0.717, 1.165) is 0 Å². The molecular formula is C46H37N5O7. The van der Waals surface area contributed by atoms with Crippen molar-refractivity contribution in [2.24, 2.45) is 29.6 Å². The summed E-state index contributed by atoms with van der Waals surface area (Å²) in [6, 6.07) is 6.91. The number of hydrogen-bond acceptors (Lipinski definition) is 10. The minimum absolute atomic E-state index is 0.0217. The fourth-order valence-electron chi connectivity index (χ4n) is 8.81. The predicted octanol–water partition coefficient (Wildman–Crippen LogP) is 6.23. The van der Waals surface area contributed by atoms with Crippen molar-refractivity contribution in [2.75, 3.05) is 0 Å². The Kier molecular flexibility index (Phi) is 8.32. The molecule has 0 saturated heterocycles. The highest BCUT2D eigenvalue weighted by atomic mass is 16.2. The molecule has 3 aromatic rings. The van der Waals surface area contributed by atoms with Crippen LogP contribution < -0.4 is 0 Å². The molecule has 5 aliphatic carbocycles. The van der Waals surface area contributed by atoms with E-state index >= 15 is 0 Å². The number of aromatic nitrogens is 5. The largest absolute Gasteiger partial charge is 0.355 e. The van der Waals surface area contributed by atoms with Gasteiger partial charge in [-0.3, -0.25) is 33.6 Å². The van der Waals surface area contributed by atoms with Gasteiger partial charge in [-0.25, -0.2) is 15.0 Å². The fourth-order valence-corrected chi connectivity index (χ4v) is 8.81. The van der Waals surface area contributed by atoms with Crippen LogP contribution in [-0.4, -0.2) is 65.4 Å². The summed E-state index contributed by atoms with van der Waals surface area (Å²) >= 11 is 0. The van der Waals surface area contributed by atoms with Gasteiger partial charge in [0.05, 0.1) is 52.2 Å². The molecule has 2 aliphatic heterocycles. The molecule has 10 bridgehead atoms. The van der Waals surface area contributed by atoms with Gasteiger partial charge in [-0.05, 0) is 54.3 Å². The highest BCUT2D eigenvalue weighted by Gasteiger charge is 2.48. The molecule has 0 saturated carbocycles. The number of nitrogens with zero attached hydrogens (tertiary/aromatic N) is 3. The lowest BCUT2D eigenvalue weighted by molar-refractivity contribution is -0.138. The Labute approximate surface area is 331 Å². The molecule has 0 radical (unpaired) electrons. The lowest BCUT2D eigenvalue weighted by Gasteiger charge is -2.29. The number of H-pyrrole nitrogens is 2. The monoisotopic (exact) mass is 771 g/mol. The van der Waals surface area contributed by atoms with Gasteiger partial charge in [-0.1, -0.05) is 70.7 Å². The molecule has 12 nitrogen and oxygen atoms in total. The van der Waals surface area contributed by atoms with Crippen LogP contribution in [0.15, 0.2) is 67.3 Å². The van der Waals surface area contributed by atoms with E-state index in [9.17, 15) is 33.6 Å². The van der Waals surface area contributed by atoms with E-state index < -0.39 is 70.2 Å². The summed E-state index contributed by atoms with van der Waals surface area (Å²) in [6.07, 6.45) is 12.4. The van der Waals surface area contributed by atoms with Crippen LogP contribution in [0.4, 0.5) is 0 Å². The zero-order valence-electron chi connectivity index (χ0n) is 32.3. The molecule has 12 heteroatoms. The summed E-state index contributed by atoms with van der Waals surface area (Å²) < 4.78 is 0. The zero-order valence-corrected chi connectivity index (χ0v) is 32.3. The average molecular weight is 772 g/mol. The van der Waals surface area contributed by atoms with Crippen LogP contribution in [0.1, 0.15) is 86.1 Å². The van der Waals surface area contributed by atoms with Crippen molar-refractivity contribution in [1.29, 1.82) is 0 Å². The summed E-state index contributed by atoms with van der Waals surface area (Å²) in [6.45, 7) is 12.8. The number of carbonyl (C=O) groups excluding carboxylic acids is 7. The van der Waals surface area contributed by atoms with Gasteiger partial charge in [-0.15, -0.1) is 0 Å². The highest BCUT2D eigenvalue weighted by molar-refractivity contribution is 6.57. The molecular weight excluding hydrogens is 735 g/mol. The van der Waals surface area contributed by atoms with Gasteiger partial charge in [0.25, 0.3) is 0 Å². The number of carbonyl (C=O) groups is 7. The van der Waals surface area contributed by atoms with E-state index in [1.54, 1.807) is 68.5 Å². The van der Waals surface area contributed by atoms with Crippen molar-refractivity contribution < 1.29 is 33.6 Å². The number of hydrogen-bond donors (Lipinski definition) is 2. The minimum Gasteiger partial charge on any atom is -0.355 e. The highest BCUT2D eigenvalue weighted by Crippen LogP contribution is 2.49. The SMILES string of the molecule is C=C1C(=O)C(=O)C(C)c2c1c1cc3nc(cc4[nH]c(cc5nc(nc2[nH]1)C1=C5C2C=CC1C(=O)C2=O)cc4C1C=CC(C)C(=O)C1=O)C(C(/C=C\C(C)C)C(C)=O)=C3. The van der Waals surface area contributed by atoms with Crippen LogP contribution in [0.2, 0.25) is 0 Å². The van der Waals surface area contributed by atoms with Crippen molar-refractivity contribution in [1.82, 2.24) is 24.9 Å². The summed E-state index contributed by atoms with van der Waals surface area (Å²) in [5, 5.41) is 0. The van der Waals surface area contributed by atoms with Crippen molar-refractivity contribution in [2.45, 2.75) is 46.5 Å². The van der Waals surface area contributed by atoms with E-state index in [1.165, 1.54) is 6.92 Å². The number of rotatable bonds is 5. The predicted molar refractivity (Wildman–Crippen MR) is 216 cm³/mol. The Balaban J connectivity index is 1.42. The number of ketones is 7. The smallest absolute Gasteiger partial charge is 0.229 e. The summed E-state index contributed by atoms with van der Waals surface area (Å²) in [7, 11) is 0. The number of Topliss-reactive ketones (excluding diaryl/α,β-unsaturated/α-hetero) is 7. The van der Waals surface area contributed by atoms with Crippen molar-refractivity contribution >= 4 is 91.0 Å². The lowest BCUT2D eigenvalue weighted by Crippen LogP contribution is -2.37. The summed E-state index contributed by atoms with van der Waals surface area (Å²) in [4.78, 5) is 115. The number of fused-ring (bicyclic) bond motifs is 12. The number of allylic oxidation sites excluding steroid dienone is 10. The van der Waals surface area contributed by atoms with Gasteiger partial charge in [0.1, 0.15) is 11.4 Å². The maximum Gasteiger partial charge on any atom is 0.229 e. The summed E-state index contributed by atoms with van der Waals surface area (Å²) in [5.41, 5.74) is 5.56. The average Bonchev–Trinajstić information content (AvgIpc) is 3.95. The quantitative estimate of drug-likeness (QED) is 0.171. The Morgan fingerprint density at radius 3 is 2.14 bits per heavy atom. The second-order valence-electron chi connectivity index (χ2n) is 16.0. The second-order valence-corrected chi connectivity index (χ2v) is 16.0. The molecule has 10 rings (SSSR count). The van der Waals surface area contributed by atoms with Crippen molar-refractivity contribution in [3.63, 3.8) is 0 Å². The molecule has 288 valence electrons. The molecule has 3 aromatic heterocycles. The topological polar surface area (TPSA) is 190 Å². The Morgan fingerprint density at radius 1 is 0.741 bits per heavy atom. The number of nitrogens with one attached hydrogen (secondary N) is 2. The molecule has 5 heterocycles. The van der Waals surface area contributed by atoms with Crippen LogP contribution in [0.25, 0.3) is 50.6 Å². The van der Waals surface area contributed by atoms with Crippen LogP contribution in [-0.2, 0) is 33.6 Å². The third-order valence-electron chi connectivity index (χ3n) is 11.8. The molecule has 6 unspecified atom stereocenters. The van der Waals surface area contributed by atoms with E-state index in [-0.39, 0.29) is 28.7 Å². The molecule has 0 fully saturated rings. The molecule has 2 N–H and O–H groups in total. The van der Waals surface area contributed by atoms with Gasteiger partial charge >= 0.3 is 0 Å². The van der Waals surface area contributed by atoms with Gasteiger partial charge in [0.15, 0.2) is 5.82 Å². The normalized spacial score (nSPS) is 24.3. The van der Waals surface area contributed by atoms with E-state index in [4.69, 9.17) is 15.0 Å². The van der Waals surface area contributed by atoms with Crippen LogP contribution >= 0.6 is 0 Å². The van der Waals surface area contributed by atoms with E-state index in [2.05, 4.69) is 16.5 Å². The molecule has 6 atom stereocenters. The Hall–Kier alpha value is -6.82. The van der Waals surface area contributed by atoms with Gasteiger partial charge < -0.3 is 9.97 Å². The second kappa shape index (κ2) is 13.1. The lowest BCUT2D eigenvalue weighted by atomic mass is 9.69. The standard InChI is InChI=1S/C46H37N5O7/c1-18(2)7-9-25(22(6)52)29-13-23-15-33-35-20(4)40(54)41(55)21(5)36(35)45(49-33)51-46-38-28-12-11-27(43(57)44(28)58)37(38)34(50-46)16-24-14-30(32(48-24)17-31(29)47-23)26-10-8-19(3)39(53)42(26)56/h7-19,21,25-28,48H,4H2,1-3,5-6H3,(H,49,50,51)/b9-7-. The first kappa shape index (κ1) is 36.8. The third kappa shape index (κ3) is 5.49. The molecule has 7 aliphatic rings. The van der Waals surface area contributed by atoms with Crippen molar-refractivity contribution in [3.8, 4) is 0 Å². The first-order chi connectivity index (χ1) is 27.6. The Morgan fingerprint density at radius 2 is 1.43 bits per heavy atom. The zero-order chi connectivity index (χ0) is 41.1. The number of aromatic amines is 2. The van der Waals surface area contributed by atoms with Gasteiger partial charge in [-0.2, -0.15) is 0 Å². The molecule has 58 heavy (non-hydrogen) atoms. The maximum atomic E-state index is 13.6. The van der Waals surface area contributed by atoms with E-state index in [1.807, 2.05) is 26.0 Å². The molecule has 0 spiro atoms. The molecule has 0 amide bonds. The maximum absolute atomic E-state index is 13.6. The van der Waals surface area contributed by atoms with Crippen molar-refractivity contribution in [3.05, 3.63) is 107 Å². The first-order valence-corrected chi connectivity index (χ1v) is 19.2. The first-order valence-electron chi connectivity index (χ1n) is 19.2. The summed E-state index contributed by atoms with van der Waals surface area (Å²) in [5.74, 6) is -8.37. The van der Waals surface area contributed by atoms with Crippen LogP contribution in [0, 0.1) is 29.6 Å². The Bertz CT molecular complexity index is 2890. The fraction of sp³-hybridized carbons (Fsp3) is 0.261. The van der Waals surface area contributed by atoms with Gasteiger partial charge in [0, 0.05) is 44.8 Å². The van der Waals surface area contributed by atoms with Crippen LogP contribution in [0.3, 0.4) is 0 Å². The minimum atomic E-state index is -0.930. The molecule has 0 aromatic carbocycles. The van der Waals surface area contributed by atoms with Gasteiger partial charge in [0.2, 0.25) is 34.7 Å². The van der Waals surface area contributed by atoms with Crippen LogP contribution in [0.5, 0.6) is 0 Å².